The topological polar surface area (TPSA) is 111 Å². The second-order valence-corrected chi connectivity index (χ2v) is 5.47. The number of carbonyl (C=O) groups excluding carboxylic acids is 1. The van der Waals surface area contributed by atoms with Crippen LogP contribution >= 0.6 is 0 Å². The van der Waals surface area contributed by atoms with Crippen LogP contribution in [0.5, 0.6) is 11.5 Å². The number of aryl methyl sites for hydroxylation is 2. The second kappa shape index (κ2) is 7.47. The average Bonchev–Trinajstić information content (AvgIpc) is 2.65. The Balaban J connectivity index is 1.78. The molecule has 0 radical (unpaired) electrons. The van der Waals surface area contributed by atoms with E-state index in [1.807, 2.05) is 26.0 Å². The Kier molecular flexibility index (Phi) is 4.93. The van der Waals surface area contributed by atoms with Gasteiger partial charge in [-0.3, -0.25) is 0 Å². The summed E-state index contributed by atoms with van der Waals surface area (Å²) >= 11 is 0. The molecular weight excluding hydrogens is 334 g/mol. The molecule has 0 aliphatic rings. The first-order valence-electron chi connectivity index (χ1n) is 7.67. The minimum absolute atomic E-state index is 0.124. The number of benzene rings is 1. The highest BCUT2D eigenvalue weighted by atomic mass is 16.5. The number of nitrogens with zero attached hydrogens (tertiary/aromatic N) is 5. The van der Waals surface area contributed by atoms with E-state index in [-0.39, 0.29) is 17.3 Å². The summed E-state index contributed by atoms with van der Waals surface area (Å²) in [7, 11) is 0. The minimum Gasteiger partial charge on any atom is -0.507 e. The molecule has 0 bridgehead atoms. The lowest BCUT2D eigenvalue weighted by Crippen LogP contribution is -2.14. The van der Waals surface area contributed by atoms with Gasteiger partial charge < -0.3 is 9.84 Å². The summed E-state index contributed by atoms with van der Waals surface area (Å²) in [5.41, 5.74) is 2.42. The highest BCUT2D eigenvalue weighted by Crippen LogP contribution is 2.23. The molecule has 3 aromatic rings. The van der Waals surface area contributed by atoms with Crippen molar-refractivity contribution >= 4 is 18.1 Å². The van der Waals surface area contributed by atoms with Crippen molar-refractivity contribution in [3.63, 3.8) is 0 Å². The van der Waals surface area contributed by atoms with E-state index in [1.54, 1.807) is 12.2 Å². The lowest BCUT2D eigenvalue weighted by atomic mass is 10.1. The molecule has 8 nitrogen and oxygen atoms in total. The summed E-state index contributed by atoms with van der Waals surface area (Å²) in [5.74, 6) is -0.0725. The summed E-state index contributed by atoms with van der Waals surface area (Å²) in [5, 5.41) is 9.82. The lowest BCUT2D eigenvalue weighted by molar-refractivity contribution is 0.0720. The lowest BCUT2D eigenvalue weighted by Gasteiger charge is -2.04. The van der Waals surface area contributed by atoms with Crippen molar-refractivity contribution in [1.82, 2.24) is 24.9 Å². The molecule has 0 atom stereocenters. The second-order valence-electron chi connectivity index (χ2n) is 5.47. The van der Waals surface area contributed by atoms with Crippen molar-refractivity contribution in [2.24, 2.45) is 0 Å². The molecule has 3 rings (SSSR count). The van der Waals surface area contributed by atoms with E-state index < -0.39 is 5.97 Å². The quantitative estimate of drug-likeness (QED) is 0.715. The van der Waals surface area contributed by atoms with Crippen LogP contribution < -0.4 is 4.74 Å². The number of phenolic OH excluding ortho intramolecular Hbond substituents is 1. The number of hydrogen-bond donors (Lipinski definition) is 1. The number of carbonyl (C=O) groups is 1. The summed E-state index contributed by atoms with van der Waals surface area (Å²) in [6, 6.07) is 3.68. The van der Waals surface area contributed by atoms with Crippen LogP contribution in [0.15, 0.2) is 37.2 Å². The third-order valence-corrected chi connectivity index (χ3v) is 3.46. The smallest absolute Gasteiger partial charge is 0.382 e. The first-order chi connectivity index (χ1) is 12.5. The highest BCUT2D eigenvalue weighted by molar-refractivity contribution is 5.87. The summed E-state index contributed by atoms with van der Waals surface area (Å²) in [4.78, 5) is 31.5. The molecule has 1 aromatic carbocycles. The van der Waals surface area contributed by atoms with Gasteiger partial charge in [-0.05, 0) is 48.7 Å². The maximum atomic E-state index is 12.1. The molecule has 0 aliphatic carbocycles. The van der Waals surface area contributed by atoms with Crippen molar-refractivity contribution in [3.05, 3.63) is 65.5 Å². The predicted octanol–water partition coefficient (Wildman–Crippen LogP) is 2.37. The Morgan fingerprint density at radius 3 is 2.42 bits per heavy atom. The minimum atomic E-state index is -0.729. The van der Waals surface area contributed by atoms with Crippen LogP contribution in [0, 0.1) is 13.8 Å². The maximum absolute atomic E-state index is 12.1. The molecule has 0 fully saturated rings. The fourth-order valence-electron chi connectivity index (χ4n) is 2.23. The maximum Gasteiger partial charge on any atom is 0.382 e. The molecular formula is C18H15N5O3. The largest absolute Gasteiger partial charge is 0.507 e. The fourth-order valence-corrected chi connectivity index (χ4v) is 2.23. The van der Waals surface area contributed by atoms with Gasteiger partial charge in [-0.2, -0.15) is 0 Å². The van der Waals surface area contributed by atoms with Gasteiger partial charge in [0.05, 0.1) is 12.4 Å². The summed E-state index contributed by atoms with van der Waals surface area (Å²) in [6.45, 7) is 3.65. The predicted molar refractivity (Wildman–Crippen MR) is 93.3 cm³/mol. The van der Waals surface area contributed by atoms with E-state index in [0.717, 1.165) is 16.7 Å². The molecule has 0 saturated carbocycles. The van der Waals surface area contributed by atoms with Gasteiger partial charge in [0.15, 0.2) is 11.6 Å². The molecule has 0 amide bonds. The van der Waals surface area contributed by atoms with Crippen molar-refractivity contribution in [2.45, 2.75) is 13.8 Å². The molecule has 0 unspecified atom stereocenters. The Bertz CT molecular complexity index is 951. The van der Waals surface area contributed by atoms with Gasteiger partial charge in [-0.25, -0.2) is 29.7 Å². The van der Waals surface area contributed by atoms with Crippen LogP contribution in [0.3, 0.4) is 0 Å². The molecule has 8 heteroatoms. The zero-order valence-corrected chi connectivity index (χ0v) is 14.1. The van der Waals surface area contributed by atoms with E-state index >= 15 is 0 Å². The first-order valence-corrected chi connectivity index (χ1v) is 7.67. The number of aromatic nitrogens is 5. The molecule has 26 heavy (non-hydrogen) atoms. The Morgan fingerprint density at radius 1 is 1.04 bits per heavy atom. The number of ether oxygens (including phenoxy) is 1. The monoisotopic (exact) mass is 349 g/mol. The van der Waals surface area contributed by atoms with Crippen LogP contribution in [-0.2, 0) is 0 Å². The number of hydrogen-bond acceptors (Lipinski definition) is 8. The fraction of sp³-hybridized carbons (Fsp3) is 0.111. The van der Waals surface area contributed by atoms with Gasteiger partial charge in [0.25, 0.3) is 0 Å². The average molecular weight is 349 g/mol. The number of rotatable bonds is 4. The first kappa shape index (κ1) is 17.2. The normalized spacial score (nSPS) is 10.8. The Morgan fingerprint density at radius 2 is 1.73 bits per heavy atom. The number of esters is 1. The molecule has 0 aliphatic heterocycles. The van der Waals surface area contributed by atoms with Crippen LogP contribution in [0.4, 0.5) is 0 Å². The summed E-state index contributed by atoms with van der Waals surface area (Å²) in [6.07, 6.45) is 8.73. The SMILES string of the molecule is Cc1cc(C=Cc2ncnc(C(=O)Oc3cncnc3)n2)cc(C)c1O. The number of phenols is 1. The Labute approximate surface area is 149 Å². The molecule has 2 aromatic heterocycles. The van der Waals surface area contributed by atoms with E-state index in [4.69, 9.17) is 4.74 Å². The third kappa shape index (κ3) is 4.04. The van der Waals surface area contributed by atoms with Crippen LogP contribution in [0.25, 0.3) is 12.2 Å². The van der Waals surface area contributed by atoms with E-state index in [1.165, 1.54) is 25.0 Å². The highest BCUT2D eigenvalue weighted by Gasteiger charge is 2.13. The Hall–Kier alpha value is -3.68. The molecule has 0 spiro atoms. The van der Waals surface area contributed by atoms with Crippen LogP contribution in [0.2, 0.25) is 0 Å². The molecule has 0 saturated heterocycles. The third-order valence-electron chi connectivity index (χ3n) is 3.46. The molecule has 130 valence electrons. The van der Waals surface area contributed by atoms with Gasteiger partial charge in [0.1, 0.15) is 18.4 Å². The number of aromatic hydroxyl groups is 1. The van der Waals surface area contributed by atoms with Gasteiger partial charge in [0.2, 0.25) is 5.82 Å². The van der Waals surface area contributed by atoms with E-state index in [9.17, 15) is 9.90 Å². The van der Waals surface area contributed by atoms with Gasteiger partial charge in [-0.1, -0.05) is 6.08 Å². The van der Waals surface area contributed by atoms with Crippen molar-refractivity contribution < 1.29 is 14.6 Å². The molecule has 2 heterocycles. The van der Waals surface area contributed by atoms with E-state index in [0.29, 0.717) is 5.82 Å². The van der Waals surface area contributed by atoms with Crippen molar-refractivity contribution in [1.29, 1.82) is 0 Å². The van der Waals surface area contributed by atoms with Gasteiger partial charge in [-0.15, -0.1) is 0 Å². The van der Waals surface area contributed by atoms with Gasteiger partial charge in [0, 0.05) is 0 Å². The van der Waals surface area contributed by atoms with Crippen LogP contribution in [0.1, 0.15) is 33.1 Å². The van der Waals surface area contributed by atoms with Crippen LogP contribution in [-0.4, -0.2) is 36.0 Å². The van der Waals surface area contributed by atoms with Gasteiger partial charge >= 0.3 is 5.97 Å². The standard InChI is InChI=1S/C18H15N5O3/c1-11-5-13(6-12(2)16(11)24)3-4-15-21-10-22-17(23-15)18(25)26-14-7-19-9-20-8-14/h3-10,24H,1-2H3. The van der Waals surface area contributed by atoms with Crippen molar-refractivity contribution in [2.75, 3.05) is 0 Å². The van der Waals surface area contributed by atoms with E-state index in [2.05, 4.69) is 24.9 Å². The zero-order valence-electron chi connectivity index (χ0n) is 14.1. The summed E-state index contributed by atoms with van der Waals surface area (Å²) < 4.78 is 5.09. The van der Waals surface area contributed by atoms with Crippen molar-refractivity contribution in [3.8, 4) is 11.5 Å². The zero-order chi connectivity index (χ0) is 18.5. The molecule has 1 N–H and O–H groups in total.